The first-order valence-electron chi connectivity index (χ1n) is 3.98. The predicted octanol–water partition coefficient (Wildman–Crippen LogP) is 1.87. The van der Waals surface area contributed by atoms with Gasteiger partial charge in [-0.05, 0) is 30.9 Å². The number of hydrogen-bond donors (Lipinski definition) is 0. The molecule has 0 N–H and O–H groups in total. The van der Waals surface area contributed by atoms with Gasteiger partial charge in [0, 0.05) is 6.20 Å². The average Bonchev–Trinajstić information content (AvgIpc) is 2.86. The fourth-order valence-electron chi connectivity index (χ4n) is 0.931. The normalized spacial score (nSPS) is 16.4. The molecule has 1 fully saturated rings. The van der Waals surface area contributed by atoms with E-state index < -0.39 is 0 Å². The number of rotatable bonds is 3. The van der Waals surface area contributed by atoms with E-state index >= 15 is 0 Å². The zero-order valence-electron chi connectivity index (χ0n) is 6.36. The van der Waals surface area contributed by atoms with Gasteiger partial charge in [0.05, 0.1) is 12.8 Å². The molecule has 1 heterocycles. The fourth-order valence-corrected chi connectivity index (χ4v) is 0.931. The lowest BCUT2D eigenvalue weighted by atomic mass is 10.4. The van der Waals surface area contributed by atoms with Gasteiger partial charge < -0.3 is 4.74 Å². The first-order chi connectivity index (χ1) is 5.45. The molecular formula is C9H11NO. The molecule has 0 radical (unpaired) electrons. The van der Waals surface area contributed by atoms with E-state index in [2.05, 4.69) is 4.98 Å². The van der Waals surface area contributed by atoms with Gasteiger partial charge in [0.15, 0.2) is 0 Å². The Bertz CT molecular complexity index is 218. The second-order valence-corrected chi connectivity index (χ2v) is 2.94. The molecule has 1 aromatic heterocycles. The molecule has 1 aliphatic rings. The Morgan fingerprint density at radius 3 is 3.09 bits per heavy atom. The predicted molar refractivity (Wildman–Crippen MR) is 42.5 cm³/mol. The van der Waals surface area contributed by atoms with Crippen molar-refractivity contribution in [2.24, 2.45) is 5.92 Å². The molecule has 0 aliphatic heterocycles. The lowest BCUT2D eigenvalue weighted by molar-refractivity contribution is 0.298. The summed E-state index contributed by atoms with van der Waals surface area (Å²) < 4.78 is 5.47. The quantitative estimate of drug-likeness (QED) is 0.654. The topological polar surface area (TPSA) is 22.1 Å². The fraction of sp³-hybridized carbons (Fsp3) is 0.444. The van der Waals surface area contributed by atoms with Crippen LogP contribution in [0.2, 0.25) is 0 Å². The van der Waals surface area contributed by atoms with Gasteiger partial charge in [0.1, 0.15) is 5.75 Å². The summed E-state index contributed by atoms with van der Waals surface area (Å²) in [6, 6.07) is 3.83. The Labute approximate surface area is 66.2 Å². The first kappa shape index (κ1) is 6.65. The zero-order chi connectivity index (χ0) is 7.52. The molecule has 0 atom stereocenters. The molecule has 0 amide bonds. The third kappa shape index (κ3) is 1.93. The lowest BCUT2D eigenvalue weighted by Crippen LogP contribution is -1.98. The highest BCUT2D eigenvalue weighted by Crippen LogP contribution is 2.29. The van der Waals surface area contributed by atoms with Crippen LogP contribution >= 0.6 is 0 Å². The van der Waals surface area contributed by atoms with Crippen molar-refractivity contribution < 1.29 is 4.74 Å². The number of aromatic nitrogens is 1. The molecule has 1 aliphatic carbocycles. The third-order valence-electron chi connectivity index (χ3n) is 1.82. The largest absolute Gasteiger partial charge is 0.492 e. The van der Waals surface area contributed by atoms with Gasteiger partial charge in [-0.3, -0.25) is 4.98 Å². The van der Waals surface area contributed by atoms with Crippen LogP contribution in [0.3, 0.4) is 0 Å². The molecule has 1 aromatic rings. The highest BCUT2D eigenvalue weighted by molar-refractivity contribution is 5.15. The second-order valence-electron chi connectivity index (χ2n) is 2.94. The molecule has 0 saturated heterocycles. The van der Waals surface area contributed by atoms with Crippen LogP contribution in [0.4, 0.5) is 0 Å². The Kier molecular flexibility index (Phi) is 1.76. The van der Waals surface area contributed by atoms with E-state index in [1.165, 1.54) is 12.8 Å². The standard InChI is InChI=1S/C9H11NO/c1-2-9(6-10-5-1)11-7-8-3-4-8/h1-2,5-6,8H,3-4,7H2. The summed E-state index contributed by atoms with van der Waals surface area (Å²) in [5.74, 6) is 1.70. The van der Waals surface area contributed by atoms with Gasteiger partial charge in [0.2, 0.25) is 0 Å². The summed E-state index contributed by atoms with van der Waals surface area (Å²) in [5, 5.41) is 0. The van der Waals surface area contributed by atoms with Crippen molar-refractivity contribution in [3.8, 4) is 5.75 Å². The van der Waals surface area contributed by atoms with E-state index in [1.807, 2.05) is 12.1 Å². The maximum absolute atomic E-state index is 5.47. The van der Waals surface area contributed by atoms with Crippen LogP contribution < -0.4 is 4.74 Å². The number of nitrogens with zero attached hydrogens (tertiary/aromatic N) is 1. The maximum atomic E-state index is 5.47. The highest BCUT2D eigenvalue weighted by Gasteiger charge is 2.21. The Morgan fingerprint density at radius 2 is 2.45 bits per heavy atom. The van der Waals surface area contributed by atoms with Gasteiger partial charge in [-0.1, -0.05) is 0 Å². The molecule has 2 nitrogen and oxygen atoms in total. The van der Waals surface area contributed by atoms with E-state index in [-0.39, 0.29) is 0 Å². The Morgan fingerprint density at radius 1 is 1.55 bits per heavy atom. The average molecular weight is 149 g/mol. The summed E-state index contributed by atoms with van der Waals surface area (Å²) in [7, 11) is 0. The van der Waals surface area contributed by atoms with Gasteiger partial charge in [-0.15, -0.1) is 0 Å². The van der Waals surface area contributed by atoms with Crippen LogP contribution in [0.5, 0.6) is 5.75 Å². The first-order valence-corrected chi connectivity index (χ1v) is 3.98. The lowest BCUT2D eigenvalue weighted by Gasteiger charge is -2.02. The molecule has 2 heteroatoms. The smallest absolute Gasteiger partial charge is 0.137 e. The minimum atomic E-state index is 0.815. The van der Waals surface area contributed by atoms with Crippen molar-refractivity contribution in [2.45, 2.75) is 12.8 Å². The molecule has 0 spiro atoms. The molecule has 11 heavy (non-hydrogen) atoms. The van der Waals surface area contributed by atoms with Crippen LogP contribution in [0.1, 0.15) is 12.8 Å². The maximum Gasteiger partial charge on any atom is 0.137 e. The SMILES string of the molecule is c1cncc(OCC2CC2)c1. The van der Waals surface area contributed by atoms with Crippen LogP contribution in [0, 0.1) is 5.92 Å². The molecule has 0 unspecified atom stereocenters. The summed E-state index contributed by atoms with van der Waals surface area (Å²) >= 11 is 0. The highest BCUT2D eigenvalue weighted by atomic mass is 16.5. The molecule has 58 valence electrons. The van der Waals surface area contributed by atoms with Gasteiger partial charge >= 0.3 is 0 Å². The van der Waals surface area contributed by atoms with Crippen molar-refractivity contribution in [3.05, 3.63) is 24.5 Å². The van der Waals surface area contributed by atoms with Gasteiger partial charge in [-0.25, -0.2) is 0 Å². The van der Waals surface area contributed by atoms with Crippen molar-refractivity contribution in [1.29, 1.82) is 0 Å². The van der Waals surface area contributed by atoms with Crippen LogP contribution in [-0.2, 0) is 0 Å². The summed E-state index contributed by atoms with van der Waals surface area (Å²) in [5.41, 5.74) is 0. The minimum Gasteiger partial charge on any atom is -0.492 e. The second kappa shape index (κ2) is 2.91. The Balaban J connectivity index is 1.85. The molecule has 0 bridgehead atoms. The van der Waals surface area contributed by atoms with E-state index in [0.717, 1.165) is 18.3 Å². The minimum absolute atomic E-state index is 0.815. The van der Waals surface area contributed by atoms with Gasteiger partial charge in [0.25, 0.3) is 0 Å². The van der Waals surface area contributed by atoms with E-state index in [1.54, 1.807) is 12.4 Å². The van der Waals surface area contributed by atoms with E-state index in [9.17, 15) is 0 Å². The summed E-state index contributed by atoms with van der Waals surface area (Å²) in [4.78, 5) is 3.96. The van der Waals surface area contributed by atoms with Gasteiger partial charge in [-0.2, -0.15) is 0 Å². The molecule has 2 rings (SSSR count). The van der Waals surface area contributed by atoms with Crippen molar-refractivity contribution in [1.82, 2.24) is 4.98 Å². The summed E-state index contributed by atoms with van der Waals surface area (Å²) in [6.07, 6.45) is 6.17. The third-order valence-corrected chi connectivity index (χ3v) is 1.82. The van der Waals surface area contributed by atoms with Crippen molar-refractivity contribution in [3.63, 3.8) is 0 Å². The van der Waals surface area contributed by atoms with Crippen molar-refractivity contribution >= 4 is 0 Å². The van der Waals surface area contributed by atoms with Crippen LogP contribution in [0.25, 0.3) is 0 Å². The summed E-state index contributed by atoms with van der Waals surface area (Å²) in [6.45, 7) is 0.867. The monoisotopic (exact) mass is 149 g/mol. The van der Waals surface area contributed by atoms with E-state index in [4.69, 9.17) is 4.74 Å². The Hall–Kier alpha value is -1.05. The van der Waals surface area contributed by atoms with Crippen molar-refractivity contribution in [2.75, 3.05) is 6.61 Å². The molecule has 1 saturated carbocycles. The number of hydrogen-bond acceptors (Lipinski definition) is 2. The molecule has 0 aromatic carbocycles. The number of pyridine rings is 1. The number of ether oxygens (including phenoxy) is 1. The van der Waals surface area contributed by atoms with Crippen LogP contribution in [0.15, 0.2) is 24.5 Å². The van der Waals surface area contributed by atoms with Crippen LogP contribution in [-0.4, -0.2) is 11.6 Å². The molecular weight excluding hydrogens is 138 g/mol. The van der Waals surface area contributed by atoms with E-state index in [0.29, 0.717) is 0 Å². The zero-order valence-corrected chi connectivity index (χ0v) is 6.36.